The molecule has 37 heavy (non-hydrogen) atoms. The molecule has 2 saturated heterocycles. The number of amidine groups is 1. The summed E-state index contributed by atoms with van der Waals surface area (Å²) in [6.07, 6.45) is -0.483. The molecule has 0 aromatic heterocycles. The predicted molar refractivity (Wildman–Crippen MR) is 147 cm³/mol. The lowest BCUT2D eigenvalue weighted by atomic mass is 10.1. The summed E-state index contributed by atoms with van der Waals surface area (Å²) >= 11 is 7.67. The minimum absolute atomic E-state index is 0.00800. The minimum Gasteiger partial charge on any atom is -0.444 e. The molecule has 2 aromatic rings. The molecule has 4 rings (SSSR count). The van der Waals surface area contributed by atoms with E-state index in [1.165, 1.54) is 11.8 Å². The van der Waals surface area contributed by atoms with Crippen LogP contribution in [0.3, 0.4) is 0 Å². The van der Waals surface area contributed by atoms with Crippen LogP contribution in [-0.4, -0.2) is 64.9 Å². The molecule has 0 saturated carbocycles. The molecule has 1 N–H and O–H groups in total. The molecule has 0 aliphatic carbocycles. The van der Waals surface area contributed by atoms with Gasteiger partial charge >= 0.3 is 6.09 Å². The number of nitrogens with one attached hydrogen (secondary N) is 1. The van der Waals surface area contributed by atoms with Crippen LogP contribution in [0.15, 0.2) is 59.6 Å². The van der Waals surface area contributed by atoms with Gasteiger partial charge in [0.2, 0.25) is 0 Å². The smallest absolute Gasteiger partial charge is 0.408 e. The summed E-state index contributed by atoms with van der Waals surface area (Å²) in [5, 5.41) is 3.42. The van der Waals surface area contributed by atoms with Crippen molar-refractivity contribution >= 4 is 50.4 Å². The van der Waals surface area contributed by atoms with Crippen LogP contribution in [0.2, 0.25) is 5.02 Å². The van der Waals surface area contributed by atoms with Gasteiger partial charge in [0.1, 0.15) is 11.6 Å². The summed E-state index contributed by atoms with van der Waals surface area (Å²) in [5.74, 6) is -0.520. The molecule has 2 aliphatic heterocycles. The standard InChI is InChI=1S/C26H30ClN3O5S2/c1-26(2,3)35-25(32)28-20(13-17-9-5-4-6-10-17)23(31)29-24-30(14-18-11-7-8-12-19(18)27)21-15-37(33,34)16-22(21)36-24/h4-12,20-22H,13-16H2,1-3H3,(H,28,32)/t20-,21-,22+/m1/s1. The highest BCUT2D eigenvalue weighted by molar-refractivity contribution is 8.15. The number of ether oxygens (including phenoxy) is 1. The van der Waals surface area contributed by atoms with E-state index in [2.05, 4.69) is 10.3 Å². The largest absolute Gasteiger partial charge is 0.444 e. The zero-order valence-corrected chi connectivity index (χ0v) is 23.3. The molecule has 0 unspecified atom stereocenters. The average Bonchev–Trinajstić information content (AvgIpc) is 3.25. The van der Waals surface area contributed by atoms with Crippen LogP contribution in [0, 0.1) is 0 Å². The van der Waals surface area contributed by atoms with E-state index in [-0.39, 0.29) is 29.2 Å². The topological polar surface area (TPSA) is 105 Å². The number of rotatable bonds is 6. The number of halogens is 1. The zero-order chi connectivity index (χ0) is 26.8. The molecular weight excluding hydrogens is 534 g/mol. The number of carbonyl (C=O) groups is 2. The molecule has 0 bridgehead atoms. The Morgan fingerprint density at radius 3 is 2.49 bits per heavy atom. The third kappa shape index (κ3) is 7.27. The minimum atomic E-state index is -3.19. The van der Waals surface area contributed by atoms with Crippen LogP contribution in [0.1, 0.15) is 31.9 Å². The second-order valence-electron chi connectivity index (χ2n) is 10.1. The molecule has 0 radical (unpaired) electrons. The number of benzene rings is 2. The van der Waals surface area contributed by atoms with E-state index in [1.54, 1.807) is 26.8 Å². The normalized spacial score (nSPS) is 22.5. The van der Waals surface area contributed by atoms with Gasteiger partial charge < -0.3 is 15.0 Å². The molecule has 2 fully saturated rings. The van der Waals surface area contributed by atoms with Crippen LogP contribution in [0.5, 0.6) is 0 Å². The third-order valence-electron chi connectivity index (χ3n) is 5.95. The van der Waals surface area contributed by atoms with E-state index in [1.807, 2.05) is 53.4 Å². The van der Waals surface area contributed by atoms with Crippen molar-refractivity contribution in [2.24, 2.45) is 4.99 Å². The Kier molecular flexibility index (Phi) is 8.20. The monoisotopic (exact) mass is 563 g/mol. The summed E-state index contributed by atoms with van der Waals surface area (Å²) < 4.78 is 30.1. The lowest BCUT2D eigenvalue weighted by molar-refractivity contribution is -0.119. The van der Waals surface area contributed by atoms with E-state index in [4.69, 9.17) is 16.3 Å². The van der Waals surface area contributed by atoms with Crippen LogP contribution in [0.4, 0.5) is 4.79 Å². The molecule has 0 spiro atoms. The Morgan fingerprint density at radius 2 is 1.81 bits per heavy atom. The number of fused-ring (bicyclic) bond motifs is 1. The van der Waals surface area contributed by atoms with Crippen LogP contribution in [0.25, 0.3) is 0 Å². The van der Waals surface area contributed by atoms with Gasteiger partial charge in [-0.15, -0.1) is 0 Å². The maximum Gasteiger partial charge on any atom is 0.408 e. The fourth-order valence-electron chi connectivity index (χ4n) is 4.30. The maximum absolute atomic E-state index is 13.5. The molecule has 3 atom stereocenters. The molecular formula is C26H30ClN3O5S2. The third-order valence-corrected chi connectivity index (χ3v) is 9.57. The van der Waals surface area contributed by atoms with Crippen LogP contribution < -0.4 is 5.32 Å². The van der Waals surface area contributed by atoms with Crippen molar-refractivity contribution in [1.82, 2.24) is 10.2 Å². The number of thioether (sulfide) groups is 1. The molecule has 11 heteroatoms. The van der Waals surface area contributed by atoms with E-state index in [0.717, 1.165) is 11.1 Å². The second kappa shape index (κ2) is 11.0. The van der Waals surface area contributed by atoms with E-state index in [0.29, 0.717) is 16.7 Å². The molecule has 2 amide bonds. The van der Waals surface area contributed by atoms with Gasteiger partial charge in [0, 0.05) is 23.2 Å². The molecule has 2 aliphatic rings. The van der Waals surface area contributed by atoms with Crippen LogP contribution in [-0.2, 0) is 32.3 Å². The fourth-order valence-corrected chi connectivity index (χ4v) is 8.45. The van der Waals surface area contributed by atoms with Gasteiger partial charge in [-0.1, -0.05) is 71.9 Å². The van der Waals surface area contributed by atoms with E-state index < -0.39 is 33.5 Å². The molecule has 2 aromatic carbocycles. The van der Waals surface area contributed by atoms with Gasteiger partial charge in [0.15, 0.2) is 15.0 Å². The van der Waals surface area contributed by atoms with Gasteiger partial charge in [-0.3, -0.25) is 4.79 Å². The Hall–Kier alpha value is -2.56. The summed E-state index contributed by atoms with van der Waals surface area (Å²) in [6, 6.07) is 15.4. The summed E-state index contributed by atoms with van der Waals surface area (Å²) in [6.45, 7) is 5.55. The van der Waals surface area contributed by atoms with Crippen molar-refractivity contribution in [2.45, 2.75) is 56.7 Å². The number of hydrogen-bond acceptors (Lipinski definition) is 6. The quantitative estimate of drug-likeness (QED) is 0.564. The Morgan fingerprint density at radius 1 is 1.14 bits per heavy atom. The second-order valence-corrected chi connectivity index (χ2v) is 13.9. The number of nitrogens with zero attached hydrogens (tertiary/aromatic N) is 2. The molecule has 198 valence electrons. The maximum atomic E-state index is 13.5. The highest BCUT2D eigenvalue weighted by Gasteiger charge is 2.49. The van der Waals surface area contributed by atoms with Gasteiger partial charge in [0.05, 0.1) is 17.5 Å². The van der Waals surface area contributed by atoms with Crippen molar-refractivity contribution in [2.75, 3.05) is 11.5 Å². The summed E-state index contributed by atoms with van der Waals surface area (Å²) in [7, 11) is -3.19. The first kappa shape index (κ1) is 27.5. The fraction of sp³-hybridized carbons (Fsp3) is 0.423. The Balaban J connectivity index is 1.62. The number of alkyl carbamates (subject to hydrolysis) is 1. The van der Waals surface area contributed by atoms with Gasteiger partial charge in [0.25, 0.3) is 5.91 Å². The van der Waals surface area contributed by atoms with E-state index >= 15 is 0 Å². The van der Waals surface area contributed by atoms with Gasteiger partial charge in [-0.2, -0.15) is 4.99 Å². The first-order valence-electron chi connectivity index (χ1n) is 11.9. The SMILES string of the molecule is CC(C)(C)OC(=O)N[C@H](Cc1ccccc1)C(=O)N=C1S[C@H]2CS(=O)(=O)C[C@H]2N1Cc1ccccc1Cl. The first-order valence-corrected chi connectivity index (χ1v) is 15.0. The average molecular weight is 564 g/mol. The highest BCUT2D eigenvalue weighted by atomic mass is 35.5. The number of sulfone groups is 1. The summed E-state index contributed by atoms with van der Waals surface area (Å²) in [5.41, 5.74) is 0.932. The lowest BCUT2D eigenvalue weighted by Crippen LogP contribution is -2.45. The number of aliphatic imine (C=N–C) groups is 1. The number of hydrogen-bond donors (Lipinski definition) is 1. The highest BCUT2D eigenvalue weighted by Crippen LogP contribution is 2.39. The van der Waals surface area contributed by atoms with Crippen molar-refractivity contribution in [3.8, 4) is 0 Å². The van der Waals surface area contributed by atoms with Crippen molar-refractivity contribution < 1.29 is 22.7 Å². The van der Waals surface area contributed by atoms with E-state index in [9.17, 15) is 18.0 Å². The number of amides is 2. The summed E-state index contributed by atoms with van der Waals surface area (Å²) in [4.78, 5) is 32.3. The molecule has 2 heterocycles. The predicted octanol–water partition coefficient (Wildman–Crippen LogP) is 4.07. The Labute approximate surface area is 226 Å². The lowest BCUT2D eigenvalue weighted by Gasteiger charge is -2.25. The van der Waals surface area contributed by atoms with Crippen molar-refractivity contribution in [3.63, 3.8) is 0 Å². The van der Waals surface area contributed by atoms with Crippen LogP contribution >= 0.6 is 23.4 Å². The molecule has 8 nitrogen and oxygen atoms in total. The van der Waals surface area contributed by atoms with Gasteiger partial charge in [-0.05, 0) is 38.0 Å². The number of carbonyl (C=O) groups excluding carboxylic acids is 2. The van der Waals surface area contributed by atoms with Crippen molar-refractivity contribution in [1.29, 1.82) is 0 Å². The van der Waals surface area contributed by atoms with Crippen molar-refractivity contribution in [3.05, 3.63) is 70.7 Å². The zero-order valence-electron chi connectivity index (χ0n) is 20.9. The van der Waals surface area contributed by atoms with Gasteiger partial charge in [-0.25, -0.2) is 13.2 Å². The Bertz CT molecular complexity index is 1290. The first-order chi connectivity index (χ1) is 17.4.